The Morgan fingerprint density at radius 2 is 1.88 bits per heavy atom. The zero-order chi connectivity index (χ0) is 12.3. The Morgan fingerprint density at radius 1 is 1.18 bits per heavy atom. The Bertz CT molecular complexity index is 506. The Kier molecular flexibility index (Phi) is 3.44. The van der Waals surface area contributed by atoms with E-state index in [2.05, 4.69) is 10.3 Å². The monoisotopic (exact) mass is 234 g/mol. The number of halogens is 2. The van der Waals surface area contributed by atoms with Gasteiger partial charge in [-0.3, -0.25) is 4.98 Å². The van der Waals surface area contributed by atoms with E-state index >= 15 is 0 Å². The van der Waals surface area contributed by atoms with Crippen LogP contribution in [0.15, 0.2) is 36.5 Å². The summed E-state index contributed by atoms with van der Waals surface area (Å²) in [5.41, 5.74) is 2.00. The maximum absolute atomic E-state index is 13.2. The SMILES string of the molecule is CNCc1ncccc1-c1cc(F)cc(F)c1. The van der Waals surface area contributed by atoms with Crippen LogP contribution in [0.25, 0.3) is 11.1 Å². The summed E-state index contributed by atoms with van der Waals surface area (Å²) in [4.78, 5) is 4.20. The standard InChI is InChI=1S/C13H12F2N2/c1-16-8-13-12(3-2-4-17-13)9-5-10(14)7-11(15)6-9/h2-7,16H,8H2,1H3. The van der Waals surface area contributed by atoms with E-state index in [1.54, 1.807) is 25.4 Å². The van der Waals surface area contributed by atoms with E-state index in [1.807, 2.05) is 0 Å². The van der Waals surface area contributed by atoms with Crippen molar-refractivity contribution < 1.29 is 8.78 Å². The van der Waals surface area contributed by atoms with Gasteiger partial charge in [0.25, 0.3) is 0 Å². The number of hydrogen-bond acceptors (Lipinski definition) is 2. The van der Waals surface area contributed by atoms with Crippen LogP contribution >= 0.6 is 0 Å². The Morgan fingerprint density at radius 3 is 2.53 bits per heavy atom. The maximum atomic E-state index is 13.2. The van der Waals surface area contributed by atoms with Gasteiger partial charge in [-0.15, -0.1) is 0 Å². The molecule has 1 heterocycles. The summed E-state index contributed by atoms with van der Waals surface area (Å²) in [7, 11) is 1.80. The van der Waals surface area contributed by atoms with Crippen molar-refractivity contribution in [2.45, 2.75) is 6.54 Å². The maximum Gasteiger partial charge on any atom is 0.126 e. The number of pyridine rings is 1. The molecular formula is C13H12F2N2. The average molecular weight is 234 g/mol. The topological polar surface area (TPSA) is 24.9 Å². The number of rotatable bonds is 3. The molecule has 1 aromatic carbocycles. The summed E-state index contributed by atoms with van der Waals surface area (Å²) in [5.74, 6) is -1.17. The lowest BCUT2D eigenvalue weighted by atomic mass is 10.0. The predicted molar refractivity (Wildman–Crippen MR) is 62.4 cm³/mol. The van der Waals surface area contributed by atoms with E-state index in [1.165, 1.54) is 12.1 Å². The number of nitrogens with zero attached hydrogens (tertiary/aromatic N) is 1. The van der Waals surface area contributed by atoms with Crippen LogP contribution in [0.1, 0.15) is 5.69 Å². The van der Waals surface area contributed by atoms with E-state index in [-0.39, 0.29) is 0 Å². The van der Waals surface area contributed by atoms with Crippen LogP contribution in [0.3, 0.4) is 0 Å². The van der Waals surface area contributed by atoms with Crippen LogP contribution in [-0.2, 0) is 6.54 Å². The van der Waals surface area contributed by atoms with Gasteiger partial charge in [0, 0.05) is 24.4 Å². The minimum absolute atomic E-state index is 0.501. The summed E-state index contributed by atoms with van der Waals surface area (Å²) in [6.45, 7) is 0.550. The molecule has 0 bridgehead atoms. The molecule has 0 fully saturated rings. The quantitative estimate of drug-likeness (QED) is 0.883. The molecule has 0 spiro atoms. The molecule has 0 aliphatic carbocycles. The molecular weight excluding hydrogens is 222 g/mol. The van der Waals surface area contributed by atoms with E-state index < -0.39 is 11.6 Å². The minimum Gasteiger partial charge on any atom is -0.314 e. The normalized spacial score (nSPS) is 10.5. The molecule has 0 unspecified atom stereocenters. The summed E-state index contributed by atoms with van der Waals surface area (Å²) in [6, 6.07) is 7.02. The Hall–Kier alpha value is -1.81. The fourth-order valence-corrected chi connectivity index (χ4v) is 1.72. The summed E-state index contributed by atoms with van der Waals surface area (Å²) in [6.07, 6.45) is 1.66. The number of hydrogen-bond donors (Lipinski definition) is 1. The molecule has 0 radical (unpaired) electrons. The second-order valence-electron chi connectivity index (χ2n) is 3.69. The Labute approximate surface area is 98.3 Å². The lowest BCUT2D eigenvalue weighted by molar-refractivity contribution is 0.584. The molecule has 17 heavy (non-hydrogen) atoms. The number of benzene rings is 1. The number of aromatic nitrogens is 1. The minimum atomic E-state index is -0.584. The van der Waals surface area contributed by atoms with E-state index in [9.17, 15) is 8.78 Å². The molecule has 0 amide bonds. The molecule has 1 N–H and O–H groups in total. The highest BCUT2D eigenvalue weighted by atomic mass is 19.1. The van der Waals surface area contributed by atoms with Gasteiger partial charge in [-0.25, -0.2) is 8.78 Å². The third-order valence-electron chi connectivity index (χ3n) is 2.41. The van der Waals surface area contributed by atoms with Crippen molar-refractivity contribution in [1.29, 1.82) is 0 Å². The van der Waals surface area contributed by atoms with Crippen molar-refractivity contribution in [3.63, 3.8) is 0 Å². The Balaban J connectivity index is 2.51. The molecule has 4 heteroatoms. The molecule has 0 aliphatic rings. The summed E-state index contributed by atoms with van der Waals surface area (Å²) in [5, 5.41) is 2.97. The predicted octanol–water partition coefficient (Wildman–Crippen LogP) is 2.75. The van der Waals surface area contributed by atoms with Gasteiger partial charge in [-0.1, -0.05) is 6.07 Å². The first kappa shape index (κ1) is 11.7. The summed E-state index contributed by atoms with van der Waals surface area (Å²) >= 11 is 0. The van der Waals surface area contributed by atoms with Crippen LogP contribution in [-0.4, -0.2) is 12.0 Å². The smallest absolute Gasteiger partial charge is 0.126 e. The number of nitrogens with one attached hydrogen (secondary N) is 1. The van der Waals surface area contributed by atoms with Gasteiger partial charge >= 0.3 is 0 Å². The second kappa shape index (κ2) is 5.01. The molecule has 1 aromatic heterocycles. The zero-order valence-corrected chi connectivity index (χ0v) is 9.37. The van der Waals surface area contributed by atoms with Crippen LogP contribution in [0.4, 0.5) is 8.78 Å². The van der Waals surface area contributed by atoms with Crippen LogP contribution in [0.5, 0.6) is 0 Å². The fraction of sp³-hybridized carbons (Fsp3) is 0.154. The highest BCUT2D eigenvalue weighted by Gasteiger charge is 2.08. The van der Waals surface area contributed by atoms with Crippen LogP contribution < -0.4 is 5.32 Å². The molecule has 0 saturated carbocycles. The molecule has 2 aromatic rings. The third kappa shape index (κ3) is 2.65. The first-order valence-electron chi connectivity index (χ1n) is 5.25. The van der Waals surface area contributed by atoms with Gasteiger partial charge in [0.05, 0.1) is 5.69 Å². The van der Waals surface area contributed by atoms with Gasteiger partial charge in [0.1, 0.15) is 11.6 Å². The van der Waals surface area contributed by atoms with Crippen molar-refractivity contribution >= 4 is 0 Å². The van der Waals surface area contributed by atoms with Gasteiger partial charge < -0.3 is 5.32 Å². The lowest BCUT2D eigenvalue weighted by Gasteiger charge is -2.08. The molecule has 88 valence electrons. The van der Waals surface area contributed by atoms with Crippen molar-refractivity contribution in [3.05, 3.63) is 53.9 Å². The van der Waals surface area contributed by atoms with Gasteiger partial charge in [-0.05, 0) is 30.8 Å². The van der Waals surface area contributed by atoms with Crippen molar-refractivity contribution in [2.75, 3.05) is 7.05 Å². The molecule has 0 saturated heterocycles. The first-order chi connectivity index (χ1) is 8.20. The highest BCUT2D eigenvalue weighted by Crippen LogP contribution is 2.24. The van der Waals surface area contributed by atoms with E-state index in [0.717, 1.165) is 17.3 Å². The van der Waals surface area contributed by atoms with Crippen molar-refractivity contribution in [1.82, 2.24) is 10.3 Å². The average Bonchev–Trinajstić information content (AvgIpc) is 2.29. The van der Waals surface area contributed by atoms with Crippen LogP contribution in [0.2, 0.25) is 0 Å². The third-order valence-corrected chi connectivity index (χ3v) is 2.41. The second-order valence-corrected chi connectivity index (χ2v) is 3.69. The highest BCUT2D eigenvalue weighted by molar-refractivity contribution is 5.65. The van der Waals surface area contributed by atoms with Gasteiger partial charge in [0.15, 0.2) is 0 Å². The van der Waals surface area contributed by atoms with E-state index in [0.29, 0.717) is 12.1 Å². The first-order valence-corrected chi connectivity index (χ1v) is 5.25. The summed E-state index contributed by atoms with van der Waals surface area (Å²) < 4.78 is 26.3. The van der Waals surface area contributed by atoms with Gasteiger partial charge in [-0.2, -0.15) is 0 Å². The van der Waals surface area contributed by atoms with Crippen LogP contribution in [0, 0.1) is 11.6 Å². The van der Waals surface area contributed by atoms with Crippen molar-refractivity contribution in [2.24, 2.45) is 0 Å². The molecule has 2 rings (SSSR count). The zero-order valence-electron chi connectivity index (χ0n) is 9.37. The molecule has 0 atom stereocenters. The van der Waals surface area contributed by atoms with Gasteiger partial charge in [0.2, 0.25) is 0 Å². The fourth-order valence-electron chi connectivity index (χ4n) is 1.72. The van der Waals surface area contributed by atoms with E-state index in [4.69, 9.17) is 0 Å². The largest absolute Gasteiger partial charge is 0.314 e. The molecule has 0 aliphatic heterocycles. The lowest BCUT2D eigenvalue weighted by Crippen LogP contribution is -2.08. The molecule has 2 nitrogen and oxygen atoms in total. The van der Waals surface area contributed by atoms with Crippen molar-refractivity contribution in [3.8, 4) is 11.1 Å².